The normalized spacial score (nSPS) is 14.7. The molecule has 2 N–H and O–H groups in total. The zero-order valence-electron chi connectivity index (χ0n) is 11.7. The number of hydrogen-bond donors (Lipinski definition) is 2. The van der Waals surface area contributed by atoms with Crippen molar-refractivity contribution < 1.29 is 14.7 Å². The fourth-order valence-electron chi connectivity index (χ4n) is 1.98. The molecule has 0 saturated carbocycles. The first-order valence-electron chi connectivity index (χ1n) is 6.42. The molecule has 0 aliphatic heterocycles. The van der Waals surface area contributed by atoms with E-state index in [2.05, 4.69) is 11.2 Å². The summed E-state index contributed by atoms with van der Waals surface area (Å²) in [6.07, 6.45) is 5.47. The van der Waals surface area contributed by atoms with Crippen molar-refractivity contribution in [2.24, 2.45) is 0 Å². The van der Waals surface area contributed by atoms with Gasteiger partial charge in [-0.05, 0) is 19.4 Å². The summed E-state index contributed by atoms with van der Waals surface area (Å²) in [6, 6.07) is 8.59. The predicted molar refractivity (Wildman–Crippen MR) is 77.1 cm³/mol. The topological polar surface area (TPSA) is 66.4 Å². The van der Waals surface area contributed by atoms with Crippen molar-refractivity contribution in [3.8, 4) is 12.3 Å². The van der Waals surface area contributed by atoms with Gasteiger partial charge in [0.1, 0.15) is 0 Å². The fourth-order valence-corrected chi connectivity index (χ4v) is 1.98. The quantitative estimate of drug-likeness (QED) is 0.778. The number of hydrogen-bond acceptors (Lipinski definition) is 2. The smallest absolute Gasteiger partial charge is 0.314 e. The molecule has 0 radical (unpaired) electrons. The van der Waals surface area contributed by atoms with Crippen LogP contribution in [0, 0.1) is 12.3 Å². The molecule has 4 nitrogen and oxygen atoms in total. The highest BCUT2D eigenvalue weighted by molar-refractivity contribution is 5.89. The van der Waals surface area contributed by atoms with Crippen LogP contribution in [0.3, 0.4) is 0 Å². The highest BCUT2D eigenvalue weighted by Gasteiger charge is 2.37. The molecule has 2 unspecified atom stereocenters. The number of carboxylic acid groups (broad SMARTS) is 1. The zero-order valence-corrected chi connectivity index (χ0v) is 11.7. The van der Waals surface area contributed by atoms with E-state index in [1.54, 1.807) is 44.2 Å². The van der Waals surface area contributed by atoms with Crippen molar-refractivity contribution in [3.63, 3.8) is 0 Å². The van der Waals surface area contributed by atoms with Gasteiger partial charge in [0.2, 0.25) is 5.91 Å². The van der Waals surface area contributed by atoms with Crippen LogP contribution >= 0.6 is 0 Å². The Morgan fingerprint density at radius 1 is 1.40 bits per heavy atom. The maximum Gasteiger partial charge on any atom is 0.314 e. The van der Waals surface area contributed by atoms with Crippen LogP contribution in [-0.4, -0.2) is 23.0 Å². The van der Waals surface area contributed by atoms with Gasteiger partial charge in [-0.25, -0.2) is 0 Å². The van der Waals surface area contributed by atoms with Crippen molar-refractivity contribution in [1.82, 2.24) is 5.32 Å². The van der Waals surface area contributed by atoms with Crippen LogP contribution in [0.2, 0.25) is 0 Å². The lowest BCUT2D eigenvalue weighted by atomic mass is 9.79. The summed E-state index contributed by atoms with van der Waals surface area (Å²) in [6.45, 7) is 3.34. The Morgan fingerprint density at radius 3 is 2.50 bits per heavy atom. The van der Waals surface area contributed by atoms with Gasteiger partial charge >= 0.3 is 5.97 Å². The van der Waals surface area contributed by atoms with Crippen LogP contribution < -0.4 is 5.32 Å². The number of carbonyl (C=O) groups excluding carboxylic acids is 1. The molecule has 0 heterocycles. The molecule has 0 aliphatic carbocycles. The largest absolute Gasteiger partial charge is 0.481 e. The SMILES string of the molecule is C#CCC(C)NC(=O)CC(C)(C(=O)O)c1ccccc1. The molecule has 2 atom stereocenters. The molecule has 1 aromatic rings. The van der Waals surface area contributed by atoms with Crippen LogP contribution in [0.5, 0.6) is 0 Å². The first kappa shape index (κ1) is 15.8. The fraction of sp³-hybridized carbons (Fsp3) is 0.375. The summed E-state index contributed by atoms with van der Waals surface area (Å²) in [7, 11) is 0. The third kappa shape index (κ3) is 3.86. The van der Waals surface area contributed by atoms with Crippen LogP contribution in [0.15, 0.2) is 30.3 Å². The minimum absolute atomic E-state index is 0.124. The highest BCUT2D eigenvalue weighted by Crippen LogP contribution is 2.28. The number of benzene rings is 1. The molecule has 1 aromatic carbocycles. The lowest BCUT2D eigenvalue weighted by molar-refractivity contribution is -0.145. The second-order valence-electron chi connectivity index (χ2n) is 5.06. The van der Waals surface area contributed by atoms with Crippen LogP contribution in [-0.2, 0) is 15.0 Å². The lowest BCUT2D eigenvalue weighted by Crippen LogP contribution is -2.41. The van der Waals surface area contributed by atoms with Gasteiger partial charge in [0.15, 0.2) is 0 Å². The number of carbonyl (C=O) groups is 2. The maximum absolute atomic E-state index is 12.0. The third-order valence-electron chi connectivity index (χ3n) is 3.23. The third-order valence-corrected chi connectivity index (χ3v) is 3.23. The summed E-state index contributed by atoms with van der Waals surface area (Å²) in [5.41, 5.74) is -0.645. The molecule has 1 rings (SSSR count). The molecule has 106 valence electrons. The number of nitrogens with one attached hydrogen (secondary N) is 1. The average Bonchev–Trinajstić information content (AvgIpc) is 2.39. The minimum Gasteiger partial charge on any atom is -0.481 e. The predicted octanol–water partition coefficient (Wildman–Crippen LogP) is 1.95. The molecule has 0 fully saturated rings. The number of amides is 1. The van der Waals surface area contributed by atoms with E-state index in [4.69, 9.17) is 6.42 Å². The van der Waals surface area contributed by atoms with E-state index in [1.807, 2.05) is 0 Å². The molecule has 0 aromatic heterocycles. The van der Waals surface area contributed by atoms with Crippen molar-refractivity contribution in [2.45, 2.75) is 38.1 Å². The number of terminal acetylenes is 1. The Hall–Kier alpha value is -2.28. The Bertz CT molecular complexity index is 518. The first-order valence-corrected chi connectivity index (χ1v) is 6.42. The van der Waals surface area contributed by atoms with Crippen molar-refractivity contribution >= 4 is 11.9 Å². The maximum atomic E-state index is 12.0. The Kier molecular flexibility index (Phi) is 5.33. The molecule has 4 heteroatoms. The van der Waals surface area contributed by atoms with E-state index >= 15 is 0 Å². The summed E-state index contributed by atoms with van der Waals surface area (Å²) in [5.74, 6) is 1.12. The van der Waals surface area contributed by atoms with Gasteiger partial charge in [-0.15, -0.1) is 12.3 Å². The zero-order chi connectivity index (χ0) is 15.2. The molecular formula is C16H19NO3. The van der Waals surface area contributed by atoms with E-state index in [1.165, 1.54) is 0 Å². The molecule has 1 amide bonds. The number of carboxylic acids is 1. The Morgan fingerprint density at radius 2 is 2.00 bits per heavy atom. The summed E-state index contributed by atoms with van der Waals surface area (Å²) < 4.78 is 0. The molecular weight excluding hydrogens is 254 g/mol. The van der Waals surface area contributed by atoms with Crippen LogP contribution in [0.25, 0.3) is 0 Å². The molecule has 0 bridgehead atoms. The van der Waals surface area contributed by atoms with E-state index in [0.29, 0.717) is 12.0 Å². The van der Waals surface area contributed by atoms with Crippen molar-refractivity contribution in [2.75, 3.05) is 0 Å². The molecule has 20 heavy (non-hydrogen) atoms. The van der Waals surface area contributed by atoms with Gasteiger partial charge in [0, 0.05) is 18.9 Å². The van der Waals surface area contributed by atoms with Gasteiger partial charge in [-0.3, -0.25) is 9.59 Å². The van der Waals surface area contributed by atoms with Gasteiger partial charge in [0.05, 0.1) is 5.41 Å². The van der Waals surface area contributed by atoms with E-state index < -0.39 is 11.4 Å². The molecule has 0 saturated heterocycles. The van der Waals surface area contributed by atoms with Crippen LogP contribution in [0.4, 0.5) is 0 Å². The van der Waals surface area contributed by atoms with Gasteiger partial charge in [-0.1, -0.05) is 30.3 Å². The minimum atomic E-state index is -1.25. The van der Waals surface area contributed by atoms with Crippen LogP contribution in [0.1, 0.15) is 32.3 Å². The van der Waals surface area contributed by atoms with E-state index in [-0.39, 0.29) is 18.4 Å². The summed E-state index contributed by atoms with van der Waals surface area (Å²) in [5, 5.41) is 12.2. The van der Waals surface area contributed by atoms with Gasteiger partial charge in [-0.2, -0.15) is 0 Å². The van der Waals surface area contributed by atoms with Gasteiger partial charge < -0.3 is 10.4 Å². The molecule has 0 spiro atoms. The summed E-state index contributed by atoms with van der Waals surface area (Å²) >= 11 is 0. The van der Waals surface area contributed by atoms with Crippen molar-refractivity contribution in [3.05, 3.63) is 35.9 Å². The second kappa shape index (κ2) is 6.76. The first-order chi connectivity index (χ1) is 9.40. The number of rotatable bonds is 6. The Labute approximate surface area is 119 Å². The van der Waals surface area contributed by atoms with E-state index in [0.717, 1.165) is 0 Å². The van der Waals surface area contributed by atoms with Gasteiger partial charge in [0.25, 0.3) is 0 Å². The average molecular weight is 273 g/mol. The standard InChI is InChI=1S/C16H19NO3/c1-4-8-12(2)17-14(18)11-16(3,15(19)20)13-9-6-5-7-10-13/h1,5-7,9-10,12H,8,11H2,2-3H3,(H,17,18)(H,19,20). The number of aliphatic carboxylic acids is 1. The summed E-state index contributed by atoms with van der Waals surface area (Å²) in [4.78, 5) is 23.5. The monoisotopic (exact) mass is 273 g/mol. The second-order valence-corrected chi connectivity index (χ2v) is 5.06. The van der Waals surface area contributed by atoms with Crippen molar-refractivity contribution in [1.29, 1.82) is 0 Å². The Balaban J connectivity index is 2.86. The molecule has 0 aliphatic rings. The van der Waals surface area contributed by atoms with E-state index in [9.17, 15) is 14.7 Å². The highest BCUT2D eigenvalue weighted by atomic mass is 16.4. The lowest BCUT2D eigenvalue weighted by Gasteiger charge is -2.25.